The minimum atomic E-state index is 0. The van der Waals surface area contributed by atoms with E-state index >= 15 is 0 Å². The maximum absolute atomic E-state index is 12.2. The summed E-state index contributed by atoms with van der Waals surface area (Å²) in [6.45, 7) is 1.23. The van der Waals surface area contributed by atoms with Crippen molar-refractivity contribution in [2.75, 3.05) is 27.3 Å². The number of nitrogens with one attached hydrogen (secondary N) is 1. The molecule has 0 unspecified atom stereocenters. The number of carbonyl (C=O) groups is 1. The third-order valence-electron chi connectivity index (χ3n) is 4.46. The van der Waals surface area contributed by atoms with Gasteiger partial charge in [-0.1, -0.05) is 12.5 Å². The van der Waals surface area contributed by atoms with Gasteiger partial charge in [0.1, 0.15) is 0 Å². The molecule has 5 nitrogen and oxygen atoms in total. The van der Waals surface area contributed by atoms with Gasteiger partial charge in [-0.15, -0.1) is 12.4 Å². The molecule has 0 aromatic heterocycles. The van der Waals surface area contributed by atoms with Crippen LogP contribution in [0.15, 0.2) is 18.2 Å². The first-order chi connectivity index (χ1) is 10.7. The highest BCUT2D eigenvalue weighted by atomic mass is 35.5. The van der Waals surface area contributed by atoms with Crippen molar-refractivity contribution in [1.82, 2.24) is 5.32 Å². The van der Waals surface area contributed by atoms with Crippen molar-refractivity contribution in [2.24, 2.45) is 17.6 Å². The van der Waals surface area contributed by atoms with E-state index in [-0.39, 0.29) is 24.2 Å². The van der Waals surface area contributed by atoms with Gasteiger partial charge in [0.05, 0.1) is 14.2 Å². The quantitative estimate of drug-likeness (QED) is 0.796. The van der Waals surface area contributed by atoms with Crippen LogP contribution in [0.2, 0.25) is 0 Å². The molecule has 0 radical (unpaired) electrons. The lowest BCUT2D eigenvalue weighted by Crippen LogP contribution is -2.36. The van der Waals surface area contributed by atoms with E-state index in [1.165, 1.54) is 0 Å². The lowest BCUT2D eigenvalue weighted by Gasteiger charge is -2.17. The van der Waals surface area contributed by atoms with Gasteiger partial charge in [-0.2, -0.15) is 0 Å². The number of benzene rings is 1. The number of ether oxygens (including phenoxy) is 2. The fourth-order valence-electron chi connectivity index (χ4n) is 3.16. The predicted molar refractivity (Wildman–Crippen MR) is 93.4 cm³/mol. The highest BCUT2D eigenvalue weighted by Gasteiger charge is 2.31. The Morgan fingerprint density at radius 3 is 2.65 bits per heavy atom. The van der Waals surface area contributed by atoms with E-state index in [2.05, 4.69) is 5.32 Å². The summed E-state index contributed by atoms with van der Waals surface area (Å²) in [6.07, 6.45) is 3.91. The lowest BCUT2D eigenvalue weighted by atomic mass is 9.95. The van der Waals surface area contributed by atoms with Gasteiger partial charge in [0.15, 0.2) is 11.5 Å². The minimum Gasteiger partial charge on any atom is -0.493 e. The fourth-order valence-corrected chi connectivity index (χ4v) is 3.16. The first-order valence-electron chi connectivity index (χ1n) is 7.88. The van der Waals surface area contributed by atoms with E-state index < -0.39 is 0 Å². The Morgan fingerprint density at radius 1 is 1.26 bits per heavy atom. The topological polar surface area (TPSA) is 73.6 Å². The van der Waals surface area contributed by atoms with Crippen LogP contribution < -0.4 is 20.5 Å². The second kappa shape index (κ2) is 9.63. The van der Waals surface area contributed by atoms with Crippen molar-refractivity contribution in [2.45, 2.75) is 25.7 Å². The Bertz CT molecular complexity index is 511. The molecule has 0 aliphatic heterocycles. The van der Waals surface area contributed by atoms with Gasteiger partial charge in [0.25, 0.3) is 0 Å². The van der Waals surface area contributed by atoms with Crippen molar-refractivity contribution in [3.63, 3.8) is 0 Å². The Balaban J connectivity index is 0.00000264. The van der Waals surface area contributed by atoms with Crippen LogP contribution >= 0.6 is 12.4 Å². The SMILES string of the molecule is COc1ccc(CCNC(=O)[C@@H]2CCC[C@@H]2CN)cc1OC.Cl. The number of amides is 1. The molecule has 1 aromatic carbocycles. The second-order valence-electron chi connectivity index (χ2n) is 5.76. The van der Waals surface area contributed by atoms with Gasteiger partial charge >= 0.3 is 0 Å². The Hall–Kier alpha value is -1.46. The van der Waals surface area contributed by atoms with Crippen LogP contribution in [0, 0.1) is 11.8 Å². The van der Waals surface area contributed by atoms with E-state index in [1.807, 2.05) is 18.2 Å². The Kier molecular flexibility index (Phi) is 8.20. The number of hydrogen-bond donors (Lipinski definition) is 2. The zero-order valence-corrected chi connectivity index (χ0v) is 14.7. The molecular weight excluding hydrogens is 316 g/mol. The summed E-state index contributed by atoms with van der Waals surface area (Å²) in [6, 6.07) is 5.83. The zero-order valence-electron chi connectivity index (χ0n) is 13.8. The number of nitrogens with two attached hydrogens (primary N) is 1. The lowest BCUT2D eigenvalue weighted by molar-refractivity contribution is -0.125. The molecule has 2 rings (SSSR count). The van der Waals surface area contributed by atoms with Gasteiger partial charge < -0.3 is 20.5 Å². The summed E-state index contributed by atoms with van der Waals surface area (Å²) in [5.74, 6) is 2.02. The van der Waals surface area contributed by atoms with E-state index in [9.17, 15) is 4.79 Å². The number of methoxy groups -OCH3 is 2. The smallest absolute Gasteiger partial charge is 0.223 e. The van der Waals surface area contributed by atoms with E-state index in [0.29, 0.717) is 30.5 Å². The van der Waals surface area contributed by atoms with Gasteiger partial charge in [-0.3, -0.25) is 4.79 Å². The average molecular weight is 343 g/mol. The van der Waals surface area contributed by atoms with Gasteiger partial charge in [-0.05, 0) is 49.4 Å². The van der Waals surface area contributed by atoms with Crippen molar-refractivity contribution in [1.29, 1.82) is 0 Å². The number of hydrogen-bond acceptors (Lipinski definition) is 4. The monoisotopic (exact) mass is 342 g/mol. The third kappa shape index (κ3) is 5.01. The van der Waals surface area contributed by atoms with Crippen LogP contribution in [0.4, 0.5) is 0 Å². The number of carbonyl (C=O) groups excluding carboxylic acids is 1. The zero-order chi connectivity index (χ0) is 15.9. The summed E-state index contributed by atoms with van der Waals surface area (Å²) in [7, 11) is 3.24. The van der Waals surface area contributed by atoms with E-state index in [4.69, 9.17) is 15.2 Å². The first-order valence-corrected chi connectivity index (χ1v) is 7.88. The highest BCUT2D eigenvalue weighted by Crippen LogP contribution is 2.31. The highest BCUT2D eigenvalue weighted by molar-refractivity contribution is 5.85. The standard InChI is InChI=1S/C17H26N2O3.ClH/c1-21-15-7-6-12(10-16(15)22-2)8-9-19-17(20)14-5-3-4-13(14)11-18;/h6-7,10,13-14H,3-5,8-9,11,18H2,1-2H3,(H,19,20);1H/t13-,14-;/m1./s1. The molecule has 0 bridgehead atoms. The predicted octanol–water partition coefficient (Wildman–Crippen LogP) is 2.16. The maximum Gasteiger partial charge on any atom is 0.223 e. The molecule has 3 N–H and O–H groups in total. The summed E-state index contributed by atoms with van der Waals surface area (Å²) < 4.78 is 10.5. The number of rotatable bonds is 7. The molecule has 1 amide bonds. The fraction of sp³-hybridized carbons (Fsp3) is 0.588. The van der Waals surface area contributed by atoms with E-state index in [0.717, 1.165) is 31.2 Å². The minimum absolute atomic E-state index is 0. The van der Waals surface area contributed by atoms with Crippen LogP contribution in [-0.4, -0.2) is 33.2 Å². The molecule has 1 aliphatic carbocycles. The Labute approximate surface area is 144 Å². The van der Waals surface area contributed by atoms with Crippen LogP contribution in [-0.2, 0) is 11.2 Å². The summed E-state index contributed by atoms with van der Waals surface area (Å²) in [5.41, 5.74) is 6.85. The third-order valence-corrected chi connectivity index (χ3v) is 4.46. The van der Waals surface area contributed by atoms with Crippen molar-refractivity contribution in [3.05, 3.63) is 23.8 Å². The van der Waals surface area contributed by atoms with Gasteiger partial charge in [-0.25, -0.2) is 0 Å². The molecule has 0 spiro atoms. The molecule has 1 aromatic rings. The van der Waals surface area contributed by atoms with Crippen LogP contribution in [0.1, 0.15) is 24.8 Å². The van der Waals surface area contributed by atoms with Crippen LogP contribution in [0.5, 0.6) is 11.5 Å². The summed E-state index contributed by atoms with van der Waals surface area (Å²) in [4.78, 5) is 12.2. The van der Waals surface area contributed by atoms with Crippen molar-refractivity contribution in [3.8, 4) is 11.5 Å². The Morgan fingerprint density at radius 2 is 2.00 bits per heavy atom. The van der Waals surface area contributed by atoms with Crippen molar-refractivity contribution >= 4 is 18.3 Å². The number of halogens is 1. The average Bonchev–Trinajstić information content (AvgIpc) is 3.03. The van der Waals surface area contributed by atoms with Crippen LogP contribution in [0.3, 0.4) is 0 Å². The normalized spacial score (nSPS) is 19.8. The molecular formula is C17H27ClN2O3. The molecule has 0 heterocycles. The molecule has 6 heteroatoms. The molecule has 1 fully saturated rings. The molecule has 1 aliphatic rings. The largest absolute Gasteiger partial charge is 0.493 e. The molecule has 23 heavy (non-hydrogen) atoms. The summed E-state index contributed by atoms with van der Waals surface area (Å²) in [5, 5.41) is 3.04. The maximum atomic E-state index is 12.2. The second-order valence-corrected chi connectivity index (χ2v) is 5.76. The molecule has 1 saturated carbocycles. The van der Waals surface area contributed by atoms with Crippen LogP contribution in [0.25, 0.3) is 0 Å². The van der Waals surface area contributed by atoms with Crippen molar-refractivity contribution < 1.29 is 14.3 Å². The van der Waals surface area contributed by atoms with E-state index in [1.54, 1.807) is 14.2 Å². The molecule has 2 atom stereocenters. The molecule has 0 saturated heterocycles. The van der Waals surface area contributed by atoms with Gasteiger partial charge in [0, 0.05) is 12.5 Å². The summed E-state index contributed by atoms with van der Waals surface area (Å²) >= 11 is 0. The van der Waals surface area contributed by atoms with Gasteiger partial charge in [0.2, 0.25) is 5.91 Å². The molecule has 130 valence electrons. The first kappa shape index (κ1) is 19.6.